The Morgan fingerprint density at radius 2 is 2.04 bits per heavy atom. The van der Waals surface area contributed by atoms with Crippen LogP contribution in [0.1, 0.15) is 16.2 Å². The zero-order valence-electron chi connectivity index (χ0n) is 12.4. The van der Waals surface area contributed by atoms with E-state index < -0.39 is 5.91 Å². The third-order valence-corrected chi connectivity index (χ3v) is 3.13. The molecule has 2 heterocycles. The Balaban J connectivity index is 1.66. The van der Waals surface area contributed by atoms with Crippen molar-refractivity contribution in [3.8, 4) is 17.2 Å². The van der Waals surface area contributed by atoms with Crippen molar-refractivity contribution in [3.05, 3.63) is 60.2 Å². The van der Waals surface area contributed by atoms with Crippen LogP contribution in [0.15, 0.2) is 53.2 Å². The molecule has 1 N–H and O–H groups in total. The molecule has 0 aliphatic rings. The highest BCUT2D eigenvalue weighted by Crippen LogP contribution is 2.16. The number of nitrogens with zero attached hydrogens (tertiary/aromatic N) is 3. The van der Waals surface area contributed by atoms with Crippen molar-refractivity contribution in [2.75, 3.05) is 7.11 Å². The number of hydrogen-bond donors (Lipinski definition) is 1. The summed E-state index contributed by atoms with van der Waals surface area (Å²) in [7, 11) is 1.59. The minimum absolute atomic E-state index is 0.0836. The SMILES string of the molecule is COc1cccc(CNC(=O)c2nnc(-c3ccncc3)o2)c1. The molecule has 1 amide bonds. The van der Waals surface area contributed by atoms with E-state index in [2.05, 4.69) is 20.5 Å². The van der Waals surface area contributed by atoms with Gasteiger partial charge in [0.25, 0.3) is 0 Å². The number of carbonyl (C=O) groups excluding carboxylic acids is 1. The van der Waals surface area contributed by atoms with Crippen molar-refractivity contribution < 1.29 is 13.9 Å². The zero-order chi connectivity index (χ0) is 16.1. The average Bonchev–Trinajstić information content (AvgIpc) is 3.11. The molecule has 7 nitrogen and oxygen atoms in total. The molecule has 0 aliphatic carbocycles. The number of methoxy groups -OCH3 is 1. The molecule has 2 aromatic heterocycles. The molecule has 0 fully saturated rings. The van der Waals surface area contributed by atoms with E-state index in [1.807, 2.05) is 24.3 Å². The van der Waals surface area contributed by atoms with E-state index >= 15 is 0 Å². The Kier molecular flexibility index (Phi) is 4.28. The fourth-order valence-electron chi connectivity index (χ4n) is 1.97. The first kappa shape index (κ1) is 14.7. The van der Waals surface area contributed by atoms with Crippen molar-refractivity contribution in [1.29, 1.82) is 0 Å². The van der Waals surface area contributed by atoms with Crippen molar-refractivity contribution in [2.45, 2.75) is 6.54 Å². The normalized spacial score (nSPS) is 10.3. The second-order valence-electron chi connectivity index (χ2n) is 4.68. The van der Waals surface area contributed by atoms with Gasteiger partial charge in [0.2, 0.25) is 5.89 Å². The predicted octanol–water partition coefficient (Wildman–Crippen LogP) is 2.07. The van der Waals surface area contributed by atoms with Crippen molar-refractivity contribution in [1.82, 2.24) is 20.5 Å². The first-order valence-corrected chi connectivity index (χ1v) is 6.91. The van der Waals surface area contributed by atoms with Crippen LogP contribution in [0.4, 0.5) is 0 Å². The van der Waals surface area contributed by atoms with E-state index in [9.17, 15) is 4.79 Å². The Bertz CT molecular complexity index is 802. The van der Waals surface area contributed by atoms with Gasteiger partial charge < -0.3 is 14.5 Å². The van der Waals surface area contributed by atoms with Crippen molar-refractivity contribution >= 4 is 5.91 Å². The lowest BCUT2D eigenvalue weighted by Gasteiger charge is -2.05. The van der Waals surface area contributed by atoms with Gasteiger partial charge in [-0.25, -0.2) is 0 Å². The number of hydrogen-bond acceptors (Lipinski definition) is 6. The molecule has 0 bridgehead atoms. The van der Waals surface area contributed by atoms with Gasteiger partial charge in [0.05, 0.1) is 7.11 Å². The number of aromatic nitrogens is 3. The topological polar surface area (TPSA) is 90.1 Å². The van der Waals surface area contributed by atoms with E-state index in [1.165, 1.54) is 0 Å². The van der Waals surface area contributed by atoms with Crippen LogP contribution in [0.2, 0.25) is 0 Å². The van der Waals surface area contributed by atoms with Gasteiger partial charge in [-0.2, -0.15) is 0 Å². The first-order valence-electron chi connectivity index (χ1n) is 6.91. The lowest BCUT2D eigenvalue weighted by atomic mass is 10.2. The molecule has 0 radical (unpaired) electrons. The Morgan fingerprint density at radius 1 is 1.22 bits per heavy atom. The summed E-state index contributed by atoms with van der Waals surface area (Å²) >= 11 is 0. The monoisotopic (exact) mass is 310 g/mol. The summed E-state index contributed by atoms with van der Waals surface area (Å²) < 4.78 is 10.5. The van der Waals surface area contributed by atoms with E-state index in [0.29, 0.717) is 12.1 Å². The van der Waals surface area contributed by atoms with Gasteiger partial charge in [-0.3, -0.25) is 9.78 Å². The number of nitrogens with one attached hydrogen (secondary N) is 1. The van der Waals surface area contributed by atoms with Gasteiger partial charge in [0.15, 0.2) is 0 Å². The molecule has 3 rings (SSSR count). The molecule has 1 aromatic carbocycles. The highest BCUT2D eigenvalue weighted by atomic mass is 16.5. The molecule has 116 valence electrons. The summed E-state index contributed by atoms with van der Waals surface area (Å²) in [6.07, 6.45) is 3.23. The van der Waals surface area contributed by atoms with Crippen molar-refractivity contribution in [3.63, 3.8) is 0 Å². The lowest BCUT2D eigenvalue weighted by molar-refractivity contribution is 0.0917. The Hall–Kier alpha value is -3.22. The molecule has 0 atom stereocenters. The van der Waals surface area contributed by atoms with Crippen LogP contribution in [-0.4, -0.2) is 28.2 Å². The minimum atomic E-state index is -0.430. The predicted molar refractivity (Wildman–Crippen MR) is 81.7 cm³/mol. The van der Waals surface area contributed by atoms with Gasteiger partial charge in [-0.15, -0.1) is 10.2 Å². The Labute approximate surface area is 132 Å². The van der Waals surface area contributed by atoms with Crippen LogP contribution in [0.25, 0.3) is 11.5 Å². The molecule has 23 heavy (non-hydrogen) atoms. The molecule has 3 aromatic rings. The summed E-state index contributed by atoms with van der Waals surface area (Å²) in [5.74, 6) is 0.494. The molecule has 7 heteroatoms. The zero-order valence-corrected chi connectivity index (χ0v) is 12.4. The minimum Gasteiger partial charge on any atom is -0.497 e. The molecule has 0 saturated heterocycles. The maximum absolute atomic E-state index is 12.1. The number of pyridine rings is 1. The number of ether oxygens (including phenoxy) is 1. The van der Waals surface area contributed by atoms with Crippen LogP contribution in [0.3, 0.4) is 0 Å². The fraction of sp³-hybridized carbons (Fsp3) is 0.125. The first-order chi connectivity index (χ1) is 11.3. The van der Waals surface area contributed by atoms with Crippen molar-refractivity contribution in [2.24, 2.45) is 0 Å². The Morgan fingerprint density at radius 3 is 2.83 bits per heavy atom. The number of rotatable bonds is 5. The van der Waals surface area contributed by atoms with E-state index in [0.717, 1.165) is 11.3 Å². The summed E-state index contributed by atoms with van der Waals surface area (Å²) in [6.45, 7) is 0.336. The maximum atomic E-state index is 12.1. The third-order valence-electron chi connectivity index (χ3n) is 3.13. The molecule has 0 spiro atoms. The summed E-state index contributed by atoms with van der Waals surface area (Å²) in [6, 6.07) is 10.9. The number of carbonyl (C=O) groups is 1. The summed E-state index contributed by atoms with van der Waals surface area (Å²) in [5.41, 5.74) is 1.62. The van der Waals surface area contributed by atoms with Crippen LogP contribution in [-0.2, 0) is 6.54 Å². The highest BCUT2D eigenvalue weighted by molar-refractivity contribution is 5.89. The summed E-state index contributed by atoms with van der Waals surface area (Å²) in [5, 5.41) is 10.4. The molecule has 0 aliphatic heterocycles. The second-order valence-corrected chi connectivity index (χ2v) is 4.68. The maximum Gasteiger partial charge on any atom is 0.309 e. The average molecular weight is 310 g/mol. The largest absolute Gasteiger partial charge is 0.497 e. The van der Waals surface area contributed by atoms with Gasteiger partial charge >= 0.3 is 11.8 Å². The van der Waals surface area contributed by atoms with E-state index in [-0.39, 0.29) is 11.8 Å². The summed E-state index contributed by atoms with van der Waals surface area (Å²) in [4.78, 5) is 16.0. The standard InChI is InChI=1S/C16H14N4O3/c1-22-13-4-2-3-11(9-13)10-18-14(21)16-20-19-15(23-16)12-5-7-17-8-6-12/h2-9H,10H2,1H3,(H,18,21). The van der Waals surface area contributed by atoms with Gasteiger partial charge in [-0.05, 0) is 29.8 Å². The van der Waals surface area contributed by atoms with Crippen LogP contribution < -0.4 is 10.1 Å². The van der Waals surface area contributed by atoms with Crippen LogP contribution in [0.5, 0.6) is 5.75 Å². The molecular formula is C16H14N4O3. The van der Waals surface area contributed by atoms with Gasteiger partial charge in [0, 0.05) is 24.5 Å². The molecule has 0 saturated carbocycles. The highest BCUT2D eigenvalue weighted by Gasteiger charge is 2.15. The second kappa shape index (κ2) is 6.69. The lowest BCUT2D eigenvalue weighted by Crippen LogP contribution is -2.23. The van der Waals surface area contributed by atoms with Gasteiger partial charge in [0.1, 0.15) is 5.75 Å². The molecule has 0 unspecified atom stereocenters. The fourth-order valence-corrected chi connectivity index (χ4v) is 1.97. The van der Waals surface area contributed by atoms with E-state index in [4.69, 9.17) is 9.15 Å². The third kappa shape index (κ3) is 3.52. The van der Waals surface area contributed by atoms with E-state index in [1.54, 1.807) is 31.6 Å². The molecular weight excluding hydrogens is 296 g/mol. The van der Waals surface area contributed by atoms with Crippen LogP contribution >= 0.6 is 0 Å². The number of benzene rings is 1. The van der Waals surface area contributed by atoms with Gasteiger partial charge in [-0.1, -0.05) is 12.1 Å². The van der Waals surface area contributed by atoms with Crippen LogP contribution in [0, 0.1) is 0 Å². The quantitative estimate of drug-likeness (QED) is 0.776. The smallest absolute Gasteiger partial charge is 0.309 e. The number of amides is 1.